The third-order valence-corrected chi connectivity index (χ3v) is 6.85. The van der Waals surface area contributed by atoms with E-state index in [2.05, 4.69) is 10.2 Å². The van der Waals surface area contributed by atoms with E-state index in [0.717, 1.165) is 49.0 Å². The van der Waals surface area contributed by atoms with Gasteiger partial charge in [-0.3, -0.25) is 14.0 Å². The molecule has 3 rings (SSSR count). The van der Waals surface area contributed by atoms with Crippen molar-refractivity contribution < 1.29 is 27.4 Å². The molecule has 0 unspecified atom stereocenters. The van der Waals surface area contributed by atoms with E-state index in [1.165, 1.54) is 31.9 Å². The van der Waals surface area contributed by atoms with Gasteiger partial charge in [0, 0.05) is 38.3 Å². The summed E-state index contributed by atoms with van der Waals surface area (Å²) in [6, 6.07) is 10.9. The Kier molecular flexibility index (Phi) is 9.01. The van der Waals surface area contributed by atoms with E-state index in [0.29, 0.717) is 0 Å². The Morgan fingerprint density at radius 3 is 2.29 bits per heavy atom. The minimum Gasteiger partial charge on any atom is -0.495 e. The molecule has 2 aromatic carbocycles. The van der Waals surface area contributed by atoms with Crippen molar-refractivity contribution in [1.82, 2.24) is 10.2 Å². The third-order valence-electron chi connectivity index (χ3n) is 5.43. The molecule has 0 spiro atoms. The van der Waals surface area contributed by atoms with Gasteiger partial charge < -0.3 is 19.5 Å². The maximum absolute atomic E-state index is 12.7. The number of ether oxygens (including phenoxy) is 3. The van der Waals surface area contributed by atoms with Crippen molar-refractivity contribution in [3.8, 4) is 11.5 Å². The van der Waals surface area contributed by atoms with E-state index >= 15 is 0 Å². The van der Waals surface area contributed by atoms with Crippen molar-refractivity contribution in [3.63, 3.8) is 0 Å². The van der Waals surface area contributed by atoms with Crippen LogP contribution in [0.5, 0.6) is 11.5 Å². The van der Waals surface area contributed by atoms with Crippen LogP contribution in [0, 0.1) is 0 Å². The van der Waals surface area contributed by atoms with E-state index in [4.69, 9.17) is 25.8 Å². The van der Waals surface area contributed by atoms with Crippen LogP contribution in [0.25, 0.3) is 0 Å². The van der Waals surface area contributed by atoms with E-state index in [1.54, 1.807) is 0 Å². The maximum Gasteiger partial charge on any atom is 0.241 e. The summed E-state index contributed by atoms with van der Waals surface area (Å²) in [5.74, 6) is 0.0161. The average molecular weight is 512 g/mol. The molecule has 1 fully saturated rings. The number of sulfonamides is 1. The number of nitrogens with zero attached hydrogens (tertiary/aromatic N) is 2. The van der Waals surface area contributed by atoms with E-state index in [1.807, 2.05) is 24.3 Å². The van der Waals surface area contributed by atoms with Gasteiger partial charge in [-0.2, -0.15) is 0 Å². The summed E-state index contributed by atoms with van der Waals surface area (Å²) in [5, 5.41) is 3.04. The second-order valence-corrected chi connectivity index (χ2v) is 10.2. The smallest absolute Gasteiger partial charge is 0.241 e. The van der Waals surface area contributed by atoms with Crippen LogP contribution in [0.3, 0.4) is 0 Å². The first-order valence-corrected chi connectivity index (χ1v) is 13.0. The molecule has 34 heavy (non-hydrogen) atoms. The van der Waals surface area contributed by atoms with Gasteiger partial charge in [0.25, 0.3) is 0 Å². The van der Waals surface area contributed by atoms with Gasteiger partial charge in [-0.1, -0.05) is 35.9 Å². The monoisotopic (exact) mass is 511 g/mol. The second kappa shape index (κ2) is 11.7. The zero-order valence-electron chi connectivity index (χ0n) is 19.5. The molecule has 186 valence electrons. The second-order valence-electron chi connectivity index (χ2n) is 7.91. The fourth-order valence-corrected chi connectivity index (χ4v) is 4.67. The first kappa shape index (κ1) is 26.1. The Hall–Kier alpha value is -2.53. The summed E-state index contributed by atoms with van der Waals surface area (Å²) in [7, 11) is -0.994. The summed E-state index contributed by atoms with van der Waals surface area (Å²) in [6.07, 6.45) is 1.02. The van der Waals surface area contributed by atoms with E-state index in [9.17, 15) is 13.2 Å². The molecular weight excluding hydrogens is 482 g/mol. The normalized spacial score (nSPS) is 14.5. The lowest BCUT2D eigenvalue weighted by atomic mass is 10.1. The number of morpholine rings is 1. The Balaban J connectivity index is 1.65. The van der Waals surface area contributed by atoms with Gasteiger partial charge >= 0.3 is 0 Å². The van der Waals surface area contributed by atoms with Crippen molar-refractivity contribution in [1.29, 1.82) is 0 Å². The largest absolute Gasteiger partial charge is 0.495 e. The highest BCUT2D eigenvalue weighted by molar-refractivity contribution is 7.92. The molecule has 1 heterocycles. The lowest BCUT2D eigenvalue weighted by molar-refractivity contribution is -0.119. The predicted molar refractivity (Wildman–Crippen MR) is 131 cm³/mol. The standard InChI is InChI=1S/C23H30ClN3O6S/c1-31-21-13-20(22(32-2)12-19(21)24)27(34(3,29)30)16-23(28)25-14-17-4-6-18(7-5-17)15-26-8-10-33-11-9-26/h4-7,12-13H,8-11,14-16H2,1-3H3,(H,25,28). The SMILES string of the molecule is COc1cc(N(CC(=O)NCc2ccc(CN3CCOCC3)cc2)S(C)(=O)=O)c(OC)cc1Cl. The van der Waals surface area contributed by atoms with Crippen LogP contribution in [0.4, 0.5) is 5.69 Å². The number of carbonyl (C=O) groups excluding carboxylic acids is 1. The number of hydrogen-bond donors (Lipinski definition) is 1. The molecule has 0 aromatic heterocycles. The van der Waals surface area contributed by atoms with Gasteiger partial charge in [0.05, 0.1) is 44.4 Å². The molecule has 2 aromatic rings. The molecule has 11 heteroatoms. The van der Waals surface area contributed by atoms with Crippen LogP contribution >= 0.6 is 11.6 Å². The number of nitrogens with one attached hydrogen (secondary N) is 1. The Morgan fingerprint density at radius 1 is 1.09 bits per heavy atom. The lowest BCUT2D eigenvalue weighted by Crippen LogP contribution is -2.40. The molecule has 1 N–H and O–H groups in total. The third kappa shape index (κ3) is 6.99. The van der Waals surface area contributed by atoms with Gasteiger partial charge in [-0.25, -0.2) is 8.42 Å². The van der Waals surface area contributed by atoms with Crippen LogP contribution in [-0.2, 0) is 32.6 Å². The first-order valence-electron chi connectivity index (χ1n) is 10.7. The van der Waals surface area contributed by atoms with Crippen molar-refractivity contribution in [2.24, 2.45) is 0 Å². The zero-order valence-corrected chi connectivity index (χ0v) is 21.1. The highest BCUT2D eigenvalue weighted by atomic mass is 35.5. The number of carbonyl (C=O) groups is 1. The summed E-state index contributed by atoms with van der Waals surface area (Å²) < 4.78 is 41.8. The molecule has 0 aliphatic carbocycles. The number of methoxy groups -OCH3 is 2. The average Bonchev–Trinajstić information content (AvgIpc) is 2.82. The van der Waals surface area contributed by atoms with Gasteiger partial charge in [-0.05, 0) is 11.1 Å². The van der Waals surface area contributed by atoms with Crippen molar-refractivity contribution in [3.05, 3.63) is 52.5 Å². The minimum absolute atomic E-state index is 0.161. The fourth-order valence-electron chi connectivity index (χ4n) is 3.59. The molecule has 9 nitrogen and oxygen atoms in total. The van der Waals surface area contributed by atoms with Crippen LogP contribution in [-0.4, -0.2) is 72.5 Å². The van der Waals surface area contributed by atoms with Gasteiger partial charge in [0.1, 0.15) is 18.0 Å². The van der Waals surface area contributed by atoms with Crippen LogP contribution < -0.4 is 19.1 Å². The summed E-state index contributed by atoms with van der Waals surface area (Å²) in [5.41, 5.74) is 2.26. The number of amides is 1. The molecule has 0 atom stereocenters. The highest BCUT2D eigenvalue weighted by Gasteiger charge is 2.25. The first-order chi connectivity index (χ1) is 16.2. The molecule has 1 amide bonds. The van der Waals surface area contributed by atoms with Crippen molar-refractivity contribution in [2.75, 3.05) is 57.6 Å². The molecule has 0 bridgehead atoms. The van der Waals surface area contributed by atoms with E-state index in [-0.39, 0.29) is 28.8 Å². The van der Waals surface area contributed by atoms with Gasteiger partial charge in [0.2, 0.25) is 15.9 Å². The molecule has 1 aliphatic rings. The number of benzene rings is 2. The molecule has 0 radical (unpaired) electrons. The Labute approximate surface area is 205 Å². The minimum atomic E-state index is -3.81. The van der Waals surface area contributed by atoms with Gasteiger partial charge in [-0.15, -0.1) is 0 Å². The maximum atomic E-state index is 12.7. The number of hydrogen-bond acceptors (Lipinski definition) is 7. The predicted octanol–water partition coefficient (Wildman–Crippen LogP) is 2.27. The van der Waals surface area contributed by atoms with Crippen LogP contribution in [0.15, 0.2) is 36.4 Å². The number of rotatable bonds is 10. The molecule has 0 saturated carbocycles. The van der Waals surface area contributed by atoms with Gasteiger partial charge in [0.15, 0.2) is 0 Å². The van der Waals surface area contributed by atoms with Crippen LogP contribution in [0.2, 0.25) is 5.02 Å². The topological polar surface area (TPSA) is 97.4 Å². The number of anilines is 1. The Bertz CT molecular complexity index is 1090. The summed E-state index contributed by atoms with van der Waals surface area (Å²) in [4.78, 5) is 15.0. The highest BCUT2D eigenvalue weighted by Crippen LogP contribution is 2.38. The molecule has 1 saturated heterocycles. The lowest BCUT2D eigenvalue weighted by Gasteiger charge is -2.26. The molecular formula is C23H30ClN3O6S. The molecule has 1 aliphatic heterocycles. The Morgan fingerprint density at radius 2 is 1.71 bits per heavy atom. The van der Waals surface area contributed by atoms with Crippen LogP contribution in [0.1, 0.15) is 11.1 Å². The summed E-state index contributed by atoms with van der Waals surface area (Å²) >= 11 is 6.13. The fraction of sp³-hybridized carbons (Fsp3) is 0.435. The quantitative estimate of drug-likeness (QED) is 0.522. The number of halogens is 1. The van der Waals surface area contributed by atoms with Crippen molar-refractivity contribution >= 4 is 33.2 Å². The summed E-state index contributed by atoms with van der Waals surface area (Å²) in [6.45, 7) is 4.04. The van der Waals surface area contributed by atoms with Crippen molar-refractivity contribution in [2.45, 2.75) is 13.1 Å². The zero-order chi connectivity index (χ0) is 24.7. The van der Waals surface area contributed by atoms with E-state index < -0.39 is 22.5 Å².